The van der Waals surface area contributed by atoms with Gasteiger partial charge in [0.05, 0.1) is 18.8 Å². The Kier molecular flexibility index (Phi) is 5.26. The van der Waals surface area contributed by atoms with Crippen LogP contribution in [-0.4, -0.2) is 30.1 Å². The number of ether oxygens (including phenoxy) is 2. The van der Waals surface area contributed by atoms with E-state index in [9.17, 15) is 14.7 Å². The van der Waals surface area contributed by atoms with E-state index < -0.39 is 11.9 Å². The highest BCUT2D eigenvalue weighted by molar-refractivity contribution is 6.03. The maximum atomic E-state index is 12.9. The standard InChI is InChI=1S/C21H25NO5/c1-11(2)27-21(25)18-12(3)22-14-6-5-7-16(24)20(14)19(18)13-8-9-15(23)17(10-13)26-4/h8-11,19,22-23H,5-7H2,1-4H3. The van der Waals surface area contributed by atoms with Gasteiger partial charge in [0.1, 0.15) is 0 Å². The number of dihydropyridines is 1. The van der Waals surface area contributed by atoms with E-state index in [2.05, 4.69) is 5.32 Å². The van der Waals surface area contributed by atoms with Crippen LogP contribution in [0.5, 0.6) is 11.5 Å². The molecule has 1 aliphatic carbocycles. The summed E-state index contributed by atoms with van der Waals surface area (Å²) in [6.07, 6.45) is 1.73. The summed E-state index contributed by atoms with van der Waals surface area (Å²) in [6, 6.07) is 4.91. The lowest BCUT2D eigenvalue weighted by Crippen LogP contribution is -2.34. The molecular weight excluding hydrogens is 346 g/mol. The SMILES string of the molecule is COc1cc(C2C(C(=O)OC(C)C)=C(C)NC3=C2C(=O)CCC3)ccc1O. The van der Waals surface area contributed by atoms with E-state index in [0.29, 0.717) is 34.6 Å². The minimum Gasteiger partial charge on any atom is -0.504 e. The molecule has 1 unspecified atom stereocenters. The zero-order chi connectivity index (χ0) is 19.7. The van der Waals surface area contributed by atoms with Gasteiger partial charge in [-0.3, -0.25) is 4.79 Å². The number of carbonyl (C=O) groups excluding carboxylic acids is 2. The molecule has 0 saturated carbocycles. The summed E-state index contributed by atoms with van der Waals surface area (Å²) in [4.78, 5) is 25.6. The molecule has 0 spiro atoms. The molecule has 0 bridgehead atoms. The second kappa shape index (κ2) is 7.47. The molecular formula is C21H25NO5. The minimum atomic E-state index is -0.546. The van der Waals surface area contributed by atoms with E-state index >= 15 is 0 Å². The lowest BCUT2D eigenvalue weighted by atomic mass is 9.75. The van der Waals surface area contributed by atoms with Crippen LogP contribution in [0.2, 0.25) is 0 Å². The first kappa shape index (κ1) is 19.0. The van der Waals surface area contributed by atoms with Crippen LogP contribution < -0.4 is 10.1 Å². The molecule has 1 aromatic rings. The van der Waals surface area contributed by atoms with Gasteiger partial charge in [-0.25, -0.2) is 4.79 Å². The molecule has 144 valence electrons. The van der Waals surface area contributed by atoms with Gasteiger partial charge in [-0.05, 0) is 51.3 Å². The molecule has 27 heavy (non-hydrogen) atoms. The molecule has 0 saturated heterocycles. The van der Waals surface area contributed by atoms with Crippen LogP contribution in [0.4, 0.5) is 0 Å². The molecule has 1 heterocycles. The average Bonchev–Trinajstić information content (AvgIpc) is 2.60. The van der Waals surface area contributed by atoms with Crippen molar-refractivity contribution in [3.05, 3.63) is 46.3 Å². The van der Waals surface area contributed by atoms with E-state index in [0.717, 1.165) is 18.5 Å². The van der Waals surface area contributed by atoms with Crippen LogP contribution >= 0.6 is 0 Å². The molecule has 3 rings (SSSR count). The Morgan fingerprint density at radius 3 is 2.70 bits per heavy atom. The number of rotatable bonds is 4. The Labute approximate surface area is 158 Å². The topological polar surface area (TPSA) is 84.9 Å². The average molecular weight is 371 g/mol. The summed E-state index contributed by atoms with van der Waals surface area (Å²) in [6.45, 7) is 5.41. The fraction of sp³-hybridized carbons (Fsp3) is 0.429. The number of aromatic hydroxyl groups is 1. The Morgan fingerprint density at radius 2 is 2.04 bits per heavy atom. The Bertz CT molecular complexity index is 850. The number of benzene rings is 1. The van der Waals surface area contributed by atoms with Gasteiger partial charge in [-0.2, -0.15) is 0 Å². The van der Waals surface area contributed by atoms with Crippen molar-refractivity contribution in [2.24, 2.45) is 0 Å². The number of hydrogen-bond acceptors (Lipinski definition) is 6. The third-order valence-electron chi connectivity index (χ3n) is 4.88. The van der Waals surface area contributed by atoms with Gasteiger partial charge in [-0.15, -0.1) is 0 Å². The summed E-state index contributed by atoms with van der Waals surface area (Å²) in [7, 11) is 1.47. The van der Waals surface area contributed by atoms with Gasteiger partial charge in [0.15, 0.2) is 17.3 Å². The van der Waals surface area contributed by atoms with Gasteiger partial charge in [-0.1, -0.05) is 6.07 Å². The number of ketones is 1. The monoisotopic (exact) mass is 371 g/mol. The normalized spacial score (nSPS) is 19.7. The zero-order valence-electron chi connectivity index (χ0n) is 16.1. The van der Waals surface area contributed by atoms with E-state index in [1.165, 1.54) is 13.2 Å². The van der Waals surface area contributed by atoms with Crippen LogP contribution in [0.15, 0.2) is 40.7 Å². The van der Waals surface area contributed by atoms with Crippen molar-refractivity contribution in [1.29, 1.82) is 0 Å². The highest BCUT2D eigenvalue weighted by Crippen LogP contribution is 2.44. The van der Waals surface area contributed by atoms with Crippen molar-refractivity contribution in [1.82, 2.24) is 5.32 Å². The maximum absolute atomic E-state index is 12.9. The zero-order valence-corrected chi connectivity index (χ0v) is 16.1. The second-order valence-electron chi connectivity index (χ2n) is 7.15. The third-order valence-corrected chi connectivity index (χ3v) is 4.88. The molecule has 0 aromatic heterocycles. The minimum absolute atomic E-state index is 0.00590. The maximum Gasteiger partial charge on any atom is 0.337 e. The van der Waals surface area contributed by atoms with Gasteiger partial charge in [0.2, 0.25) is 0 Å². The molecule has 2 aliphatic rings. The third kappa shape index (κ3) is 3.56. The second-order valence-corrected chi connectivity index (χ2v) is 7.15. The first-order chi connectivity index (χ1) is 12.8. The van der Waals surface area contributed by atoms with E-state index in [4.69, 9.17) is 9.47 Å². The van der Waals surface area contributed by atoms with E-state index in [-0.39, 0.29) is 17.6 Å². The fourth-order valence-electron chi connectivity index (χ4n) is 3.74. The molecule has 0 fully saturated rings. The first-order valence-corrected chi connectivity index (χ1v) is 9.15. The molecule has 1 aromatic carbocycles. The molecule has 2 N–H and O–H groups in total. The Hall–Kier alpha value is -2.76. The molecule has 6 heteroatoms. The van der Waals surface area contributed by atoms with Crippen molar-refractivity contribution in [3.63, 3.8) is 0 Å². The Morgan fingerprint density at radius 1 is 1.30 bits per heavy atom. The summed E-state index contributed by atoms with van der Waals surface area (Å²) in [5.41, 5.74) is 3.29. The Balaban J connectivity index is 2.17. The summed E-state index contributed by atoms with van der Waals surface area (Å²) < 4.78 is 10.7. The number of nitrogens with one attached hydrogen (secondary N) is 1. The van der Waals surface area contributed by atoms with Gasteiger partial charge < -0.3 is 19.9 Å². The predicted octanol–water partition coefficient (Wildman–Crippen LogP) is 3.32. The van der Waals surface area contributed by atoms with Crippen LogP contribution in [0, 0.1) is 0 Å². The summed E-state index contributed by atoms with van der Waals surface area (Å²) >= 11 is 0. The van der Waals surface area contributed by atoms with Crippen LogP contribution in [0.3, 0.4) is 0 Å². The van der Waals surface area contributed by atoms with Gasteiger partial charge >= 0.3 is 5.97 Å². The number of carbonyl (C=O) groups is 2. The summed E-state index contributed by atoms with van der Waals surface area (Å²) in [5.74, 6) is -0.660. The smallest absolute Gasteiger partial charge is 0.337 e. The van der Waals surface area contributed by atoms with Crippen molar-refractivity contribution in [3.8, 4) is 11.5 Å². The fourth-order valence-corrected chi connectivity index (χ4v) is 3.74. The molecule has 1 aliphatic heterocycles. The number of phenols is 1. The first-order valence-electron chi connectivity index (χ1n) is 9.15. The number of Topliss-reactive ketones (excluding diaryl/α,β-unsaturated/α-hetero) is 1. The predicted molar refractivity (Wildman–Crippen MR) is 100 cm³/mol. The largest absolute Gasteiger partial charge is 0.504 e. The highest BCUT2D eigenvalue weighted by Gasteiger charge is 2.39. The van der Waals surface area contributed by atoms with Crippen LogP contribution in [0.25, 0.3) is 0 Å². The number of hydrogen-bond donors (Lipinski definition) is 2. The highest BCUT2D eigenvalue weighted by atomic mass is 16.5. The summed E-state index contributed by atoms with van der Waals surface area (Å²) in [5, 5.41) is 13.2. The van der Waals surface area contributed by atoms with Crippen molar-refractivity contribution in [2.45, 2.75) is 52.1 Å². The molecule has 0 amide bonds. The molecule has 6 nitrogen and oxygen atoms in total. The van der Waals surface area contributed by atoms with Crippen molar-refractivity contribution >= 4 is 11.8 Å². The lowest BCUT2D eigenvalue weighted by molar-refractivity contribution is -0.143. The van der Waals surface area contributed by atoms with Gasteiger partial charge in [0.25, 0.3) is 0 Å². The number of phenolic OH excluding ortho intramolecular Hbond substituents is 1. The van der Waals surface area contributed by atoms with Crippen molar-refractivity contribution in [2.75, 3.05) is 7.11 Å². The number of allylic oxidation sites excluding steroid dienone is 3. The molecule has 1 atom stereocenters. The molecule has 0 radical (unpaired) electrons. The van der Waals surface area contributed by atoms with Crippen molar-refractivity contribution < 1.29 is 24.2 Å². The quantitative estimate of drug-likeness (QED) is 0.790. The lowest BCUT2D eigenvalue weighted by Gasteiger charge is -2.34. The van der Waals surface area contributed by atoms with E-state index in [1.54, 1.807) is 26.0 Å². The van der Waals surface area contributed by atoms with Crippen LogP contribution in [0.1, 0.15) is 51.5 Å². The van der Waals surface area contributed by atoms with E-state index in [1.807, 2.05) is 6.92 Å². The number of methoxy groups -OCH3 is 1. The van der Waals surface area contributed by atoms with Crippen LogP contribution in [-0.2, 0) is 14.3 Å². The number of esters is 1. The van der Waals surface area contributed by atoms with Gasteiger partial charge in [0, 0.05) is 29.3 Å².